The Morgan fingerprint density at radius 3 is 2.60 bits per heavy atom. The molecule has 0 bridgehead atoms. The van der Waals surface area contributed by atoms with Gasteiger partial charge in [0.05, 0.1) is 34.2 Å². The molecular formula is C18H20ClN3O3. The Morgan fingerprint density at radius 2 is 1.96 bits per heavy atom. The van der Waals surface area contributed by atoms with Gasteiger partial charge in [-0.15, -0.1) is 0 Å². The predicted octanol–water partition coefficient (Wildman–Crippen LogP) is 3.62. The first-order valence-electron chi connectivity index (χ1n) is 7.82. The van der Waals surface area contributed by atoms with Gasteiger partial charge in [0, 0.05) is 5.69 Å². The Morgan fingerprint density at radius 1 is 1.28 bits per heavy atom. The van der Waals surface area contributed by atoms with Gasteiger partial charge in [0.25, 0.3) is 5.91 Å². The number of esters is 1. The van der Waals surface area contributed by atoms with Gasteiger partial charge in [0.15, 0.2) is 0 Å². The first-order valence-corrected chi connectivity index (χ1v) is 8.20. The largest absolute Gasteiger partial charge is 0.462 e. The summed E-state index contributed by atoms with van der Waals surface area (Å²) in [6.45, 7) is 7.39. The Bertz CT molecular complexity index is 840. The molecule has 0 aliphatic rings. The molecule has 132 valence electrons. The van der Waals surface area contributed by atoms with Crippen molar-refractivity contribution in [2.24, 2.45) is 5.10 Å². The molecule has 0 saturated carbocycles. The van der Waals surface area contributed by atoms with E-state index in [1.807, 2.05) is 0 Å². The minimum absolute atomic E-state index is 0.305. The molecule has 6 nitrogen and oxygen atoms in total. The van der Waals surface area contributed by atoms with Crippen LogP contribution in [0.15, 0.2) is 29.4 Å². The average Bonchev–Trinajstić information content (AvgIpc) is 2.87. The summed E-state index contributed by atoms with van der Waals surface area (Å²) < 4.78 is 5.07. The zero-order valence-corrected chi connectivity index (χ0v) is 15.3. The summed E-state index contributed by atoms with van der Waals surface area (Å²) in [6, 6.07) is 6.72. The van der Waals surface area contributed by atoms with E-state index in [1.165, 1.54) is 0 Å². The average molecular weight is 362 g/mol. The third-order valence-corrected chi connectivity index (χ3v) is 4.05. The SMILES string of the molecule is CCOC(=O)c1c(C)[nH]c(/C(C)=N/NC(=O)c2ccccc2Cl)c1C. The van der Waals surface area contributed by atoms with Crippen LogP contribution in [0.25, 0.3) is 0 Å². The van der Waals surface area contributed by atoms with E-state index in [1.54, 1.807) is 52.0 Å². The van der Waals surface area contributed by atoms with Crippen LogP contribution in [-0.2, 0) is 4.74 Å². The smallest absolute Gasteiger partial charge is 0.340 e. The van der Waals surface area contributed by atoms with Crippen LogP contribution in [0.2, 0.25) is 5.02 Å². The van der Waals surface area contributed by atoms with E-state index in [9.17, 15) is 9.59 Å². The molecule has 2 rings (SSSR count). The van der Waals surface area contributed by atoms with E-state index in [0.29, 0.717) is 39.9 Å². The van der Waals surface area contributed by atoms with E-state index >= 15 is 0 Å². The van der Waals surface area contributed by atoms with E-state index in [-0.39, 0.29) is 5.97 Å². The number of aromatic nitrogens is 1. The highest BCUT2D eigenvalue weighted by molar-refractivity contribution is 6.33. The molecule has 0 spiro atoms. The number of aryl methyl sites for hydroxylation is 1. The van der Waals surface area contributed by atoms with E-state index < -0.39 is 5.91 Å². The maximum atomic E-state index is 12.2. The Labute approximate surface area is 151 Å². The number of aromatic amines is 1. The third kappa shape index (κ3) is 4.09. The van der Waals surface area contributed by atoms with Crippen molar-refractivity contribution in [3.63, 3.8) is 0 Å². The summed E-state index contributed by atoms with van der Waals surface area (Å²) in [5.41, 5.74) is 5.93. The third-order valence-electron chi connectivity index (χ3n) is 3.72. The molecule has 0 aliphatic carbocycles. The number of carbonyl (C=O) groups is 2. The van der Waals surface area contributed by atoms with Gasteiger partial charge in [-0.3, -0.25) is 4.79 Å². The molecule has 25 heavy (non-hydrogen) atoms. The highest BCUT2D eigenvalue weighted by atomic mass is 35.5. The summed E-state index contributed by atoms with van der Waals surface area (Å²) in [5, 5.41) is 4.46. The van der Waals surface area contributed by atoms with Gasteiger partial charge in [0.1, 0.15) is 0 Å². The van der Waals surface area contributed by atoms with Gasteiger partial charge in [-0.1, -0.05) is 23.7 Å². The number of amides is 1. The maximum absolute atomic E-state index is 12.2. The number of benzene rings is 1. The lowest BCUT2D eigenvalue weighted by Crippen LogP contribution is -2.20. The van der Waals surface area contributed by atoms with E-state index in [4.69, 9.17) is 16.3 Å². The van der Waals surface area contributed by atoms with Gasteiger partial charge in [-0.05, 0) is 45.4 Å². The van der Waals surface area contributed by atoms with Gasteiger partial charge in [0.2, 0.25) is 0 Å². The highest BCUT2D eigenvalue weighted by Crippen LogP contribution is 2.20. The standard InChI is InChI=1S/C18H20ClN3O3/c1-5-25-18(24)15-10(2)16(20-11(15)3)12(4)21-22-17(23)13-8-6-7-9-14(13)19/h6-9,20H,5H2,1-4H3,(H,22,23)/b21-12+. The van der Waals surface area contributed by atoms with Crippen molar-refractivity contribution >= 4 is 29.2 Å². The predicted molar refractivity (Wildman–Crippen MR) is 97.4 cm³/mol. The van der Waals surface area contributed by atoms with Crippen LogP contribution in [0.5, 0.6) is 0 Å². The number of hydrogen-bond acceptors (Lipinski definition) is 4. The van der Waals surface area contributed by atoms with Crippen molar-refractivity contribution in [1.82, 2.24) is 10.4 Å². The van der Waals surface area contributed by atoms with Crippen LogP contribution in [0.3, 0.4) is 0 Å². The molecule has 1 aromatic heterocycles. The molecule has 1 heterocycles. The van der Waals surface area contributed by atoms with Crippen molar-refractivity contribution in [3.8, 4) is 0 Å². The normalized spacial score (nSPS) is 11.3. The minimum Gasteiger partial charge on any atom is -0.462 e. The van der Waals surface area contributed by atoms with Crippen molar-refractivity contribution < 1.29 is 14.3 Å². The first-order chi connectivity index (χ1) is 11.9. The molecule has 0 radical (unpaired) electrons. The van der Waals surface area contributed by atoms with Crippen LogP contribution in [0, 0.1) is 13.8 Å². The van der Waals surface area contributed by atoms with Crippen LogP contribution in [0.1, 0.15) is 51.5 Å². The topological polar surface area (TPSA) is 83.6 Å². The lowest BCUT2D eigenvalue weighted by atomic mass is 10.1. The monoisotopic (exact) mass is 361 g/mol. The van der Waals surface area contributed by atoms with E-state index in [2.05, 4.69) is 15.5 Å². The zero-order chi connectivity index (χ0) is 18.6. The fraction of sp³-hybridized carbons (Fsp3) is 0.278. The number of ether oxygens (including phenoxy) is 1. The van der Waals surface area contributed by atoms with Gasteiger partial charge in [-0.25, -0.2) is 10.2 Å². The van der Waals surface area contributed by atoms with Gasteiger partial charge in [-0.2, -0.15) is 5.10 Å². The number of carbonyl (C=O) groups excluding carboxylic acids is 2. The number of nitrogens with zero attached hydrogens (tertiary/aromatic N) is 1. The van der Waals surface area contributed by atoms with Crippen LogP contribution < -0.4 is 5.43 Å². The second kappa shape index (κ2) is 7.98. The summed E-state index contributed by atoms with van der Waals surface area (Å²) in [6.07, 6.45) is 0. The van der Waals surface area contributed by atoms with E-state index in [0.717, 1.165) is 5.56 Å². The number of rotatable bonds is 5. The van der Waals surface area contributed by atoms with Crippen LogP contribution in [-0.4, -0.2) is 29.2 Å². The second-order valence-electron chi connectivity index (χ2n) is 5.46. The van der Waals surface area contributed by atoms with Gasteiger partial charge < -0.3 is 9.72 Å². The number of hydrogen-bond donors (Lipinski definition) is 2. The Hall–Kier alpha value is -2.60. The molecule has 0 unspecified atom stereocenters. The first kappa shape index (κ1) is 18.7. The fourth-order valence-corrected chi connectivity index (χ4v) is 2.74. The van der Waals surface area contributed by atoms with Crippen LogP contribution >= 0.6 is 11.6 Å². The van der Waals surface area contributed by atoms with Crippen molar-refractivity contribution in [2.75, 3.05) is 6.61 Å². The van der Waals surface area contributed by atoms with Crippen LogP contribution in [0.4, 0.5) is 0 Å². The molecular weight excluding hydrogens is 342 g/mol. The minimum atomic E-state index is -0.406. The lowest BCUT2D eigenvalue weighted by molar-refractivity contribution is 0.0525. The molecule has 1 aromatic carbocycles. The molecule has 0 fully saturated rings. The molecule has 0 aliphatic heterocycles. The summed E-state index contributed by atoms with van der Waals surface area (Å²) in [5.74, 6) is -0.788. The number of hydrazone groups is 1. The molecule has 7 heteroatoms. The fourth-order valence-electron chi connectivity index (χ4n) is 2.52. The summed E-state index contributed by atoms with van der Waals surface area (Å²) in [7, 11) is 0. The lowest BCUT2D eigenvalue weighted by Gasteiger charge is -2.05. The Kier molecular flexibility index (Phi) is 5.98. The Balaban J connectivity index is 2.23. The van der Waals surface area contributed by atoms with Crippen molar-refractivity contribution in [2.45, 2.75) is 27.7 Å². The summed E-state index contributed by atoms with van der Waals surface area (Å²) >= 11 is 6.00. The molecule has 2 aromatic rings. The second-order valence-corrected chi connectivity index (χ2v) is 5.87. The molecule has 1 amide bonds. The summed E-state index contributed by atoms with van der Waals surface area (Å²) in [4.78, 5) is 27.3. The maximum Gasteiger partial charge on any atom is 0.340 e. The highest BCUT2D eigenvalue weighted by Gasteiger charge is 2.20. The number of halogens is 1. The molecule has 2 N–H and O–H groups in total. The molecule has 0 atom stereocenters. The van der Waals surface area contributed by atoms with Crippen molar-refractivity contribution in [3.05, 3.63) is 57.4 Å². The number of nitrogens with one attached hydrogen (secondary N) is 2. The zero-order valence-electron chi connectivity index (χ0n) is 14.6. The quantitative estimate of drug-likeness (QED) is 0.484. The molecule has 0 saturated heterocycles. The number of H-pyrrole nitrogens is 1. The van der Waals surface area contributed by atoms with Gasteiger partial charge >= 0.3 is 5.97 Å². The van der Waals surface area contributed by atoms with Crippen molar-refractivity contribution in [1.29, 1.82) is 0 Å².